The molecule has 0 aromatic heterocycles. The Bertz CT molecular complexity index is 127. The normalized spacial score (nSPS) is 48.0. The summed E-state index contributed by atoms with van der Waals surface area (Å²) in [6.45, 7) is -0.864. The van der Waals surface area contributed by atoms with Gasteiger partial charge in [0.2, 0.25) is 0 Å². The first-order chi connectivity index (χ1) is 4.60. The van der Waals surface area contributed by atoms with E-state index in [1.54, 1.807) is 0 Å². The molecule has 1 aliphatic heterocycles. The van der Waals surface area contributed by atoms with Crippen molar-refractivity contribution in [2.75, 3.05) is 13.2 Å². The third-order valence-electron chi connectivity index (χ3n) is 1.60. The van der Waals surface area contributed by atoms with E-state index in [1.165, 1.54) is 0 Å². The molecule has 1 rings (SSSR count). The Morgan fingerprint density at radius 3 is 2.30 bits per heavy atom. The predicted molar refractivity (Wildman–Crippen MR) is 30.0 cm³/mol. The van der Waals surface area contributed by atoms with Gasteiger partial charge in [-0.3, -0.25) is 0 Å². The Morgan fingerprint density at radius 2 is 2.10 bits per heavy atom. The summed E-state index contributed by atoms with van der Waals surface area (Å²) in [4.78, 5) is 0. The van der Waals surface area contributed by atoms with E-state index in [4.69, 9.17) is 20.4 Å². The topological polar surface area (TPSA) is 90.2 Å². The molecule has 60 valence electrons. The molecule has 5 nitrogen and oxygen atoms in total. The first kappa shape index (κ1) is 7.90. The van der Waals surface area contributed by atoms with Gasteiger partial charge in [0.25, 0.3) is 0 Å². The molecular formula is C5H10O5. The fourth-order valence-electron chi connectivity index (χ4n) is 0.811. The molecular weight excluding hydrogens is 140 g/mol. The Labute approximate surface area is 57.5 Å². The average Bonchev–Trinajstić information content (AvgIpc) is 2.19. The van der Waals surface area contributed by atoms with E-state index in [0.29, 0.717) is 0 Å². The number of hydrogen-bond donors (Lipinski definition) is 4. The third-order valence-corrected chi connectivity index (χ3v) is 1.60. The number of aliphatic hydroxyl groups excluding tert-OH is 3. The van der Waals surface area contributed by atoms with Gasteiger partial charge in [-0.2, -0.15) is 0 Å². The fourth-order valence-corrected chi connectivity index (χ4v) is 0.811. The lowest BCUT2D eigenvalue weighted by molar-refractivity contribution is -0.128. The monoisotopic (exact) mass is 150 g/mol. The van der Waals surface area contributed by atoms with Gasteiger partial charge in [0.1, 0.15) is 11.7 Å². The van der Waals surface area contributed by atoms with Crippen molar-refractivity contribution in [1.29, 1.82) is 0 Å². The highest BCUT2D eigenvalue weighted by molar-refractivity contribution is 4.92. The van der Waals surface area contributed by atoms with Crippen molar-refractivity contribution in [3.8, 4) is 0 Å². The van der Waals surface area contributed by atoms with Gasteiger partial charge in [0, 0.05) is 0 Å². The van der Waals surface area contributed by atoms with E-state index >= 15 is 0 Å². The summed E-state index contributed by atoms with van der Waals surface area (Å²) < 4.78 is 4.47. The Kier molecular flexibility index (Phi) is 1.93. The number of hydrogen-bond acceptors (Lipinski definition) is 5. The van der Waals surface area contributed by atoms with Crippen molar-refractivity contribution in [2.45, 2.75) is 18.0 Å². The van der Waals surface area contributed by atoms with Crippen LogP contribution < -0.4 is 0 Å². The molecule has 0 aliphatic carbocycles. The van der Waals surface area contributed by atoms with E-state index in [-0.39, 0.29) is 6.61 Å². The molecule has 1 saturated heterocycles. The highest BCUT2D eigenvalue weighted by atomic mass is 16.6. The molecule has 1 heterocycles. The maximum absolute atomic E-state index is 9.15. The first-order valence-corrected chi connectivity index (χ1v) is 2.91. The molecule has 0 aromatic carbocycles. The molecule has 1 aliphatic rings. The predicted octanol–water partition coefficient (Wildman–Crippen LogP) is -2.58. The molecule has 4 N–H and O–H groups in total. The van der Waals surface area contributed by atoms with Crippen molar-refractivity contribution >= 4 is 0 Å². The minimum atomic E-state index is -1.70. The maximum Gasteiger partial charge on any atom is 0.184 e. The zero-order chi connectivity index (χ0) is 7.78. The second-order valence-electron chi connectivity index (χ2n) is 2.41. The van der Waals surface area contributed by atoms with Crippen molar-refractivity contribution in [2.24, 2.45) is 0 Å². The molecule has 0 radical (unpaired) electrons. The van der Waals surface area contributed by atoms with Gasteiger partial charge in [-0.1, -0.05) is 0 Å². The van der Waals surface area contributed by atoms with Crippen LogP contribution in [0, 0.1) is 0 Å². The van der Waals surface area contributed by atoms with Crippen molar-refractivity contribution in [3.63, 3.8) is 0 Å². The third kappa shape index (κ3) is 1.02. The van der Waals surface area contributed by atoms with Crippen molar-refractivity contribution in [1.82, 2.24) is 0 Å². The van der Waals surface area contributed by atoms with E-state index in [1.807, 2.05) is 0 Å². The molecule has 0 amide bonds. The van der Waals surface area contributed by atoms with Crippen LogP contribution in [0.15, 0.2) is 0 Å². The fraction of sp³-hybridized carbons (Fsp3) is 1.00. The van der Waals surface area contributed by atoms with Crippen LogP contribution >= 0.6 is 0 Å². The van der Waals surface area contributed by atoms with Crippen LogP contribution in [0.3, 0.4) is 0 Å². The van der Waals surface area contributed by atoms with Crippen LogP contribution in [0.2, 0.25) is 0 Å². The van der Waals surface area contributed by atoms with E-state index in [9.17, 15) is 0 Å². The summed E-state index contributed by atoms with van der Waals surface area (Å²) in [6, 6.07) is 0. The number of ether oxygens (including phenoxy) is 1. The summed E-state index contributed by atoms with van der Waals surface area (Å²) in [5.41, 5.74) is -1.70. The van der Waals surface area contributed by atoms with Gasteiger partial charge < -0.3 is 25.2 Å². The number of aliphatic hydroxyl groups is 4. The number of rotatable bonds is 1. The minimum absolute atomic E-state index is 0.244. The average molecular weight is 150 g/mol. The van der Waals surface area contributed by atoms with Gasteiger partial charge >= 0.3 is 0 Å². The quantitative estimate of drug-likeness (QED) is 0.329. The molecule has 1 fully saturated rings. The van der Waals surface area contributed by atoms with E-state index in [0.717, 1.165) is 0 Å². The van der Waals surface area contributed by atoms with Gasteiger partial charge in [-0.05, 0) is 0 Å². The Morgan fingerprint density at radius 1 is 1.50 bits per heavy atom. The molecule has 0 aromatic rings. The zero-order valence-electron chi connectivity index (χ0n) is 5.27. The summed E-state index contributed by atoms with van der Waals surface area (Å²) >= 11 is 0. The summed E-state index contributed by atoms with van der Waals surface area (Å²) in [5.74, 6) is 0. The molecule has 5 heteroatoms. The van der Waals surface area contributed by atoms with Gasteiger partial charge in [-0.25, -0.2) is 0 Å². The Balaban J connectivity index is 2.64. The minimum Gasteiger partial charge on any atom is -0.393 e. The highest BCUT2D eigenvalue weighted by Crippen LogP contribution is 2.22. The van der Waals surface area contributed by atoms with E-state index in [2.05, 4.69) is 4.74 Å². The summed E-state index contributed by atoms with van der Waals surface area (Å²) in [6.07, 6.45) is -2.81. The molecule has 0 saturated carbocycles. The van der Waals surface area contributed by atoms with Crippen LogP contribution in [0.25, 0.3) is 0 Å². The van der Waals surface area contributed by atoms with Crippen molar-refractivity contribution < 1.29 is 25.2 Å². The SMILES string of the molecule is OC[C@]1(O)CO[C@@H](O)[C@@H]1O. The lowest BCUT2D eigenvalue weighted by atomic mass is 10.0. The van der Waals surface area contributed by atoms with Gasteiger partial charge in [-0.15, -0.1) is 0 Å². The van der Waals surface area contributed by atoms with Crippen LogP contribution in [0.5, 0.6) is 0 Å². The van der Waals surface area contributed by atoms with Gasteiger partial charge in [0.05, 0.1) is 13.2 Å². The second-order valence-corrected chi connectivity index (χ2v) is 2.41. The second kappa shape index (κ2) is 2.44. The summed E-state index contributed by atoms with van der Waals surface area (Å²) in [5, 5.41) is 35.3. The first-order valence-electron chi connectivity index (χ1n) is 2.91. The smallest absolute Gasteiger partial charge is 0.184 e. The summed E-state index contributed by atoms with van der Waals surface area (Å²) in [7, 11) is 0. The molecule has 10 heavy (non-hydrogen) atoms. The van der Waals surface area contributed by atoms with Gasteiger partial charge in [0.15, 0.2) is 6.29 Å². The van der Waals surface area contributed by atoms with Crippen LogP contribution in [0.1, 0.15) is 0 Å². The maximum atomic E-state index is 9.15. The van der Waals surface area contributed by atoms with Crippen LogP contribution in [-0.2, 0) is 4.74 Å². The zero-order valence-corrected chi connectivity index (χ0v) is 5.27. The van der Waals surface area contributed by atoms with Crippen LogP contribution in [0.4, 0.5) is 0 Å². The standard InChI is InChI=1S/C5H10O5/c6-1-5(9)2-10-4(8)3(5)7/h3-4,6-9H,1-2H2/t3-,4+,5-/m0/s1. The highest BCUT2D eigenvalue weighted by Gasteiger charge is 2.46. The Hall–Kier alpha value is -0.200. The molecule has 0 unspecified atom stereocenters. The van der Waals surface area contributed by atoms with Crippen molar-refractivity contribution in [3.05, 3.63) is 0 Å². The lowest BCUT2D eigenvalue weighted by Gasteiger charge is -2.21. The molecule has 0 bridgehead atoms. The largest absolute Gasteiger partial charge is 0.393 e. The lowest BCUT2D eigenvalue weighted by Crippen LogP contribution is -2.46. The molecule has 0 spiro atoms. The van der Waals surface area contributed by atoms with E-state index < -0.39 is 24.6 Å². The van der Waals surface area contributed by atoms with Crippen LogP contribution in [-0.4, -0.2) is 51.6 Å². The molecule has 3 atom stereocenters.